The number of rotatable bonds is 7. The van der Waals surface area contributed by atoms with E-state index < -0.39 is 0 Å². The first-order valence-electron chi connectivity index (χ1n) is 6.03. The van der Waals surface area contributed by atoms with Crippen LogP contribution in [-0.2, 0) is 6.42 Å². The van der Waals surface area contributed by atoms with Crippen molar-refractivity contribution in [3.05, 3.63) is 29.8 Å². The molecule has 0 aliphatic carbocycles. The summed E-state index contributed by atoms with van der Waals surface area (Å²) in [7, 11) is 1.70. The van der Waals surface area contributed by atoms with E-state index in [0.717, 1.165) is 31.4 Å². The van der Waals surface area contributed by atoms with Crippen LogP contribution in [0.3, 0.4) is 0 Å². The van der Waals surface area contributed by atoms with Gasteiger partial charge in [0.05, 0.1) is 7.11 Å². The summed E-state index contributed by atoms with van der Waals surface area (Å²) in [5.41, 5.74) is 1.33. The molecule has 1 rings (SSSR count). The zero-order chi connectivity index (χ0) is 11.8. The van der Waals surface area contributed by atoms with Crippen LogP contribution in [0.15, 0.2) is 24.3 Å². The normalized spacial score (nSPS) is 12.4. The van der Waals surface area contributed by atoms with E-state index >= 15 is 0 Å². The van der Waals surface area contributed by atoms with Crippen molar-refractivity contribution in [2.75, 3.05) is 7.11 Å². The maximum absolute atomic E-state index is 6.18. The van der Waals surface area contributed by atoms with Crippen LogP contribution in [0.1, 0.15) is 38.2 Å². The summed E-state index contributed by atoms with van der Waals surface area (Å²) >= 11 is 6.18. The van der Waals surface area contributed by atoms with E-state index in [1.807, 2.05) is 12.1 Å². The Bertz CT molecular complexity index is 299. The van der Waals surface area contributed by atoms with Gasteiger partial charge in [0.25, 0.3) is 0 Å². The van der Waals surface area contributed by atoms with Gasteiger partial charge >= 0.3 is 0 Å². The fraction of sp³-hybridized carbons (Fsp3) is 0.571. The lowest BCUT2D eigenvalue weighted by molar-refractivity contribution is 0.414. The number of benzene rings is 1. The molecule has 1 aromatic rings. The lowest BCUT2D eigenvalue weighted by Gasteiger charge is -2.08. The van der Waals surface area contributed by atoms with E-state index in [1.54, 1.807) is 7.11 Å². The molecule has 0 radical (unpaired) electrons. The van der Waals surface area contributed by atoms with Gasteiger partial charge in [0.15, 0.2) is 0 Å². The van der Waals surface area contributed by atoms with Crippen LogP contribution in [-0.4, -0.2) is 12.5 Å². The lowest BCUT2D eigenvalue weighted by Crippen LogP contribution is -1.98. The Morgan fingerprint density at radius 3 is 2.81 bits per heavy atom. The first-order chi connectivity index (χ1) is 7.76. The zero-order valence-electron chi connectivity index (χ0n) is 10.2. The molecule has 1 nitrogen and oxygen atoms in total. The van der Waals surface area contributed by atoms with Crippen LogP contribution in [0.5, 0.6) is 5.75 Å². The van der Waals surface area contributed by atoms with Crippen LogP contribution >= 0.6 is 11.6 Å². The minimum Gasteiger partial charge on any atom is -0.497 e. The minimum atomic E-state index is 0.343. The van der Waals surface area contributed by atoms with E-state index in [1.165, 1.54) is 12.0 Å². The molecule has 0 saturated heterocycles. The van der Waals surface area contributed by atoms with Gasteiger partial charge in [-0.3, -0.25) is 0 Å². The van der Waals surface area contributed by atoms with Gasteiger partial charge in [-0.05, 0) is 43.4 Å². The number of ether oxygens (including phenoxy) is 1. The quantitative estimate of drug-likeness (QED) is 0.641. The first kappa shape index (κ1) is 13.4. The molecule has 0 bridgehead atoms. The number of hydrogen-bond donors (Lipinski definition) is 0. The summed E-state index contributed by atoms with van der Waals surface area (Å²) < 4.78 is 5.19. The Hall–Kier alpha value is -0.690. The molecule has 0 saturated carbocycles. The largest absolute Gasteiger partial charge is 0.497 e. The van der Waals surface area contributed by atoms with Crippen molar-refractivity contribution >= 4 is 11.6 Å². The third-order valence-electron chi connectivity index (χ3n) is 2.72. The van der Waals surface area contributed by atoms with E-state index in [0.29, 0.717) is 5.38 Å². The molecule has 1 unspecified atom stereocenters. The molecule has 0 heterocycles. The van der Waals surface area contributed by atoms with Crippen LogP contribution < -0.4 is 4.74 Å². The van der Waals surface area contributed by atoms with Gasteiger partial charge in [0.2, 0.25) is 0 Å². The Labute approximate surface area is 104 Å². The molecule has 1 atom stereocenters. The summed E-state index contributed by atoms with van der Waals surface area (Å²) in [4.78, 5) is 0. The predicted molar refractivity (Wildman–Crippen MR) is 70.5 cm³/mol. The number of halogens is 1. The maximum Gasteiger partial charge on any atom is 0.119 e. The maximum atomic E-state index is 6.18. The third-order valence-corrected chi connectivity index (χ3v) is 3.16. The number of hydrogen-bond acceptors (Lipinski definition) is 1. The van der Waals surface area contributed by atoms with Gasteiger partial charge in [-0.25, -0.2) is 0 Å². The average Bonchev–Trinajstić information content (AvgIpc) is 2.30. The highest BCUT2D eigenvalue weighted by atomic mass is 35.5. The highest BCUT2D eigenvalue weighted by molar-refractivity contribution is 6.20. The molecule has 0 aliphatic rings. The number of aryl methyl sites for hydroxylation is 1. The average molecular weight is 241 g/mol. The van der Waals surface area contributed by atoms with Gasteiger partial charge in [0, 0.05) is 5.38 Å². The van der Waals surface area contributed by atoms with E-state index in [-0.39, 0.29) is 0 Å². The predicted octanol–water partition coefficient (Wildman–Crippen LogP) is 4.43. The molecule has 0 fully saturated rings. The van der Waals surface area contributed by atoms with Gasteiger partial charge in [0.1, 0.15) is 5.75 Å². The lowest BCUT2D eigenvalue weighted by atomic mass is 10.1. The summed E-state index contributed by atoms with van der Waals surface area (Å²) in [5.74, 6) is 0.938. The Kier molecular flexibility index (Phi) is 6.32. The molecule has 0 N–H and O–H groups in total. The minimum absolute atomic E-state index is 0.343. The topological polar surface area (TPSA) is 9.23 Å². The standard InChI is InChI=1S/C14H21ClO/c1-3-6-13(15)9-4-7-12-8-5-10-14(11-12)16-2/h5,8,10-11,13H,3-4,6-7,9H2,1-2H3. The van der Waals surface area contributed by atoms with Gasteiger partial charge in [-0.1, -0.05) is 25.5 Å². The molecule has 0 aromatic heterocycles. The van der Waals surface area contributed by atoms with E-state index in [2.05, 4.69) is 19.1 Å². The fourth-order valence-corrected chi connectivity index (χ4v) is 2.19. The van der Waals surface area contributed by atoms with Crippen molar-refractivity contribution < 1.29 is 4.74 Å². The molecule has 2 heteroatoms. The monoisotopic (exact) mass is 240 g/mol. The van der Waals surface area contributed by atoms with Crippen molar-refractivity contribution in [3.63, 3.8) is 0 Å². The Morgan fingerprint density at radius 2 is 2.12 bits per heavy atom. The molecule has 1 aromatic carbocycles. The molecule has 0 amide bonds. The summed E-state index contributed by atoms with van der Waals surface area (Å²) in [6, 6.07) is 8.26. The van der Waals surface area contributed by atoms with Gasteiger partial charge < -0.3 is 4.74 Å². The Morgan fingerprint density at radius 1 is 1.31 bits per heavy atom. The van der Waals surface area contributed by atoms with Crippen LogP contribution in [0, 0.1) is 0 Å². The number of alkyl halides is 1. The summed E-state index contributed by atoms with van der Waals surface area (Å²) in [6.07, 6.45) is 5.64. The Balaban J connectivity index is 2.31. The molecular formula is C14H21ClO. The highest BCUT2D eigenvalue weighted by Crippen LogP contribution is 2.17. The van der Waals surface area contributed by atoms with Crippen LogP contribution in [0.25, 0.3) is 0 Å². The fourth-order valence-electron chi connectivity index (χ4n) is 1.81. The van der Waals surface area contributed by atoms with Crippen LogP contribution in [0.4, 0.5) is 0 Å². The summed E-state index contributed by atoms with van der Waals surface area (Å²) in [6.45, 7) is 2.18. The second-order valence-electron chi connectivity index (χ2n) is 4.13. The van der Waals surface area contributed by atoms with Gasteiger partial charge in [-0.15, -0.1) is 11.6 Å². The van der Waals surface area contributed by atoms with Crippen molar-refractivity contribution in [1.29, 1.82) is 0 Å². The molecule has 90 valence electrons. The van der Waals surface area contributed by atoms with Crippen LogP contribution in [0.2, 0.25) is 0 Å². The van der Waals surface area contributed by atoms with Gasteiger partial charge in [-0.2, -0.15) is 0 Å². The van der Waals surface area contributed by atoms with E-state index in [4.69, 9.17) is 16.3 Å². The van der Waals surface area contributed by atoms with E-state index in [9.17, 15) is 0 Å². The molecule has 16 heavy (non-hydrogen) atoms. The zero-order valence-corrected chi connectivity index (χ0v) is 11.0. The molecule has 0 spiro atoms. The SMILES string of the molecule is CCCC(Cl)CCCc1cccc(OC)c1. The van der Waals surface area contributed by atoms with Crippen molar-refractivity contribution in [2.24, 2.45) is 0 Å². The second-order valence-corrected chi connectivity index (χ2v) is 4.75. The highest BCUT2D eigenvalue weighted by Gasteiger charge is 2.03. The number of methoxy groups -OCH3 is 1. The molecule has 0 aliphatic heterocycles. The third kappa shape index (κ3) is 4.89. The second kappa shape index (κ2) is 7.56. The van der Waals surface area contributed by atoms with Crippen molar-refractivity contribution in [3.8, 4) is 5.75 Å². The smallest absolute Gasteiger partial charge is 0.119 e. The van der Waals surface area contributed by atoms with Crippen molar-refractivity contribution in [1.82, 2.24) is 0 Å². The van der Waals surface area contributed by atoms with Crippen molar-refractivity contribution in [2.45, 2.75) is 44.4 Å². The first-order valence-corrected chi connectivity index (χ1v) is 6.47. The molecular weight excluding hydrogens is 220 g/mol. The summed E-state index contributed by atoms with van der Waals surface area (Å²) in [5, 5.41) is 0.343.